The van der Waals surface area contributed by atoms with Gasteiger partial charge in [-0.05, 0) is 32.6 Å². The van der Waals surface area contributed by atoms with Gasteiger partial charge in [0, 0.05) is 6.07 Å². The number of nitrogen functional groups attached to an aromatic ring is 1. The number of ether oxygens (including phenoxy) is 1. The molecule has 0 aliphatic heterocycles. The van der Waals surface area contributed by atoms with E-state index in [4.69, 9.17) is 17.0 Å². The zero-order chi connectivity index (χ0) is 12.3. The van der Waals surface area contributed by atoms with E-state index >= 15 is 0 Å². The molecule has 1 aromatic rings. The second-order valence-electron chi connectivity index (χ2n) is 4.47. The number of hydrogen-bond donors (Lipinski definition) is 1. The van der Waals surface area contributed by atoms with Gasteiger partial charge in [-0.1, -0.05) is 6.42 Å². The molecule has 0 unspecified atom stereocenters. The summed E-state index contributed by atoms with van der Waals surface area (Å²) in [5.74, 6) is 1.01. The smallest absolute Gasteiger partial charge is 0.249 e. The Labute approximate surface area is 102 Å². The van der Waals surface area contributed by atoms with Crippen LogP contribution in [0.5, 0.6) is 5.75 Å². The number of pyridine rings is 1. The summed E-state index contributed by atoms with van der Waals surface area (Å²) in [5, 5.41) is 0. The van der Waals surface area contributed by atoms with Gasteiger partial charge in [-0.3, -0.25) is 0 Å². The summed E-state index contributed by atoms with van der Waals surface area (Å²) in [6.45, 7) is 8.97. The van der Waals surface area contributed by atoms with Crippen molar-refractivity contribution >= 4 is 11.5 Å². The van der Waals surface area contributed by atoms with Crippen molar-refractivity contribution in [2.75, 3.05) is 5.73 Å². The van der Waals surface area contributed by atoms with Crippen LogP contribution >= 0.6 is 0 Å². The van der Waals surface area contributed by atoms with E-state index < -0.39 is 0 Å². The number of rotatable bonds is 2. The molecule has 0 amide bonds. The number of hydrogen-bond acceptors (Lipinski definition) is 3. The number of aryl methyl sites for hydroxylation is 1. The first-order chi connectivity index (χ1) is 8.20. The van der Waals surface area contributed by atoms with Crippen LogP contribution in [-0.2, 0) is 0 Å². The van der Waals surface area contributed by atoms with Crippen molar-refractivity contribution in [3.05, 3.63) is 23.2 Å². The lowest BCUT2D eigenvalue weighted by Crippen LogP contribution is -2.19. The maximum Gasteiger partial charge on any atom is 0.249 e. The first kappa shape index (κ1) is 11.7. The molecule has 1 aromatic heterocycles. The maximum atomic E-state index is 7.18. The Morgan fingerprint density at radius 3 is 2.76 bits per heavy atom. The van der Waals surface area contributed by atoms with E-state index in [0.29, 0.717) is 22.9 Å². The highest BCUT2D eigenvalue weighted by Gasteiger charge is 2.18. The van der Waals surface area contributed by atoms with E-state index in [0.717, 1.165) is 12.8 Å². The largest absolute Gasteiger partial charge is 0.501 e. The number of nitrogens with two attached hydrogens (primary N) is 1. The van der Waals surface area contributed by atoms with Gasteiger partial charge in [0.2, 0.25) is 5.69 Å². The highest BCUT2D eigenvalue weighted by molar-refractivity contribution is 5.63. The fourth-order valence-corrected chi connectivity index (χ4v) is 2.25. The number of anilines is 1. The lowest BCUT2D eigenvalue weighted by molar-refractivity contribution is 0.156. The van der Waals surface area contributed by atoms with Crippen LogP contribution in [0.1, 0.15) is 37.8 Å². The average molecular weight is 231 g/mol. The van der Waals surface area contributed by atoms with Crippen molar-refractivity contribution in [2.45, 2.75) is 45.1 Å². The van der Waals surface area contributed by atoms with Crippen LogP contribution in [0.25, 0.3) is 4.85 Å². The van der Waals surface area contributed by atoms with E-state index in [1.807, 2.05) is 0 Å². The molecule has 90 valence electrons. The molecule has 0 bridgehead atoms. The molecule has 1 fully saturated rings. The van der Waals surface area contributed by atoms with E-state index in [2.05, 4.69) is 9.83 Å². The first-order valence-corrected chi connectivity index (χ1v) is 6.02. The average Bonchev–Trinajstić information content (AvgIpc) is 2.30. The fourth-order valence-electron chi connectivity index (χ4n) is 2.25. The van der Waals surface area contributed by atoms with Gasteiger partial charge in [0.05, 0.1) is 18.4 Å². The highest BCUT2D eigenvalue weighted by Crippen LogP contribution is 2.34. The summed E-state index contributed by atoms with van der Waals surface area (Å²) in [7, 11) is 0. The third-order valence-electron chi connectivity index (χ3n) is 3.11. The molecule has 4 heteroatoms. The van der Waals surface area contributed by atoms with Crippen LogP contribution in [0.3, 0.4) is 0 Å². The van der Waals surface area contributed by atoms with Gasteiger partial charge >= 0.3 is 0 Å². The molecule has 1 saturated carbocycles. The fraction of sp³-hybridized carbons (Fsp3) is 0.538. The van der Waals surface area contributed by atoms with Gasteiger partial charge in [-0.15, -0.1) is 0 Å². The Bertz CT molecular complexity index is 445. The minimum Gasteiger partial charge on any atom is -0.501 e. The molecule has 2 N–H and O–H groups in total. The number of aromatic nitrogens is 1. The highest BCUT2D eigenvalue weighted by atomic mass is 16.5. The summed E-state index contributed by atoms with van der Waals surface area (Å²) in [6, 6.07) is 1.66. The van der Waals surface area contributed by atoms with Crippen LogP contribution in [0.15, 0.2) is 6.07 Å². The summed E-state index contributed by atoms with van der Waals surface area (Å²) in [6.07, 6.45) is 6.06. The van der Waals surface area contributed by atoms with Crippen LogP contribution in [0.4, 0.5) is 11.5 Å². The van der Waals surface area contributed by atoms with Crippen molar-refractivity contribution in [1.29, 1.82) is 0 Å². The van der Waals surface area contributed by atoms with Crippen molar-refractivity contribution in [2.24, 2.45) is 0 Å². The summed E-state index contributed by atoms with van der Waals surface area (Å²) >= 11 is 0. The zero-order valence-corrected chi connectivity index (χ0v) is 10.1. The normalized spacial score (nSPS) is 16.5. The summed E-state index contributed by atoms with van der Waals surface area (Å²) in [4.78, 5) is 7.57. The van der Waals surface area contributed by atoms with E-state index in [1.54, 1.807) is 13.0 Å². The molecular formula is C13H17N3O. The second-order valence-corrected chi connectivity index (χ2v) is 4.47. The number of nitrogens with zero attached hydrogens (tertiary/aromatic N) is 2. The Morgan fingerprint density at radius 2 is 2.12 bits per heavy atom. The quantitative estimate of drug-likeness (QED) is 0.795. The third-order valence-corrected chi connectivity index (χ3v) is 3.11. The molecule has 1 heterocycles. The first-order valence-electron chi connectivity index (χ1n) is 6.02. The van der Waals surface area contributed by atoms with E-state index in [-0.39, 0.29) is 6.10 Å². The molecule has 0 saturated heterocycles. The summed E-state index contributed by atoms with van der Waals surface area (Å²) in [5.41, 5.74) is 6.83. The third kappa shape index (κ3) is 2.68. The molecule has 1 aliphatic rings. The van der Waals surface area contributed by atoms with Crippen LogP contribution in [0.2, 0.25) is 0 Å². The Hall–Kier alpha value is -1.76. The Morgan fingerprint density at radius 1 is 1.41 bits per heavy atom. The van der Waals surface area contributed by atoms with Crippen molar-refractivity contribution < 1.29 is 4.74 Å². The van der Waals surface area contributed by atoms with Crippen molar-refractivity contribution in [3.8, 4) is 5.75 Å². The predicted molar refractivity (Wildman–Crippen MR) is 67.1 cm³/mol. The zero-order valence-electron chi connectivity index (χ0n) is 10.1. The van der Waals surface area contributed by atoms with Gasteiger partial charge in [0.1, 0.15) is 11.6 Å². The minimum absolute atomic E-state index is 0.227. The predicted octanol–water partition coefficient (Wildman–Crippen LogP) is 3.23. The maximum absolute atomic E-state index is 7.18. The lowest BCUT2D eigenvalue weighted by Gasteiger charge is -2.24. The van der Waals surface area contributed by atoms with Gasteiger partial charge in [-0.25, -0.2) is 9.83 Å². The van der Waals surface area contributed by atoms with E-state index in [1.165, 1.54) is 19.3 Å². The molecule has 0 aromatic carbocycles. The van der Waals surface area contributed by atoms with Crippen LogP contribution < -0.4 is 10.5 Å². The van der Waals surface area contributed by atoms with Gasteiger partial charge in [0.15, 0.2) is 0 Å². The minimum atomic E-state index is 0.227. The van der Waals surface area contributed by atoms with Crippen LogP contribution in [-0.4, -0.2) is 11.1 Å². The molecule has 17 heavy (non-hydrogen) atoms. The molecule has 2 rings (SSSR count). The topological polar surface area (TPSA) is 52.5 Å². The SMILES string of the molecule is [C-]#[N+]c1c(OC2CCCCC2)cc(N)nc1C. The van der Waals surface area contributed by atoms with Gasteiger partial charge < -0.3 is 10.5 Å². The van der Waals surface area contributed by atoms with Crippen molar-refractivity contribution in [3.63, 3.8) is 0 Å². The van der Waals surface area contributed by atoms with Crippen molar-refractivity contribution in [1.82, 2.24) is 4.98 Å². The monoisotopic (exact) mass is 231 g/mol. The molecule has 0 spiro atoms. The second kappa shape index (κ2) is 5.05. The molecule has 0 radical (unpaired) electrons. The molecule has 4 nitrogen and oxygen atoms in total. The van der Waals surface area contributed by atoms with Crippen LogP contribution in [0, 0.1) is 13.5 Å². The molecule has 0 atom stereocenters. The van der Waals surface area contributed by atoms with Gasteiger partial charge in [-0.2, -0.15) is 0 Å². The molecule has 1 aliphatic carbocycles. The molecular weight excluding hydrogens is 214 g/mol. The van der Waals surface area contributed by atoms with Gasteiger partial charge in [0.25, 0.3) is 0 Å². The van der Waals surface area contributed by atoms with E-state index in [9.17, 15) is 0 Å². The standard InChI is InChI=1S/C13H17N3O/c1-9-13(15-2)11(8-12(14)16-9)17-10-6-4-3-5-7-10/h8,10H,3-7H2,1H3,(H2,14,16). The Balaban J connectivity index is 2.22. The lowest BCUT2D eigenvalue weighted by atomic mass is 9.98. The Kier molecular flexibility index (Phi) is 3.48. The summed E-state index contributed by atoms with van der Waals surface area (Å²) < 4.78 is 5.91.